The Morgan fingerprint density at radius 3 is 2.50 bits per heavy atom. The van der Waals surface area contributed by atoms with E-state index in [1.165, 1.54) is 7.11 Å². The van der Waals surface area contributed by atoms with E-state index in [-0.39, 0.29) is 4.90 Å². The van der Waals surface area contributed by atoms with Crippen LogP contribution in [0.4, 0.5) is 5.69 Å². The zero-order valence-electron chi connectivity index (χ0n) is 11.1. The fourth-order valence-electron chi connectivity index (χ4n) is 1.81. The van der Waals surface area contributed by atoms with Crippen molar-refractivity contribution >= 4 is 31.6 Å². The largest absolute Gasteiger partial charge is 0.497 e. The lowest BCUT2D eigenvalue weighted by Crippen LogP contribution is -2.14. The maximum absolute atomic E-state index is 12.4. The Bertz CT molecular complexity index is 729. The number of methoxy groups -OCH3 is 1. The van der Waals surface area contributed by atoms with Crippen molar-refractivity contribution in [2.24, 2.45) is 0 Å². The van der Waals surface area contributed by atoms with Crippen molar-refractivity contribution in [3.63, 3.8) is 0 Å². The number of sulfonamides is 1. The zero-order valence-corrected chi connectivity index (χ0v) is 13.5. The number of hydrogen-bond acceptors (Lipinski definition) is 3. The first-order chi connectivity index (χ1) is 9.42. The molecule has 0 aliphatic rings. The highest BCUT2D eigenvalue weighted by molar-refractivity contribution is 9.10. The first kappa shape index (κ1) is 14.9. The summed E-state index contributed by atoms with van der Waals surface area (Å²) < 4.78 is 33.1. The van der Waals surface area contributed by atoms with E-state index in [1.807, 2.05) is 0 Å². The van der Waals surface area contributed by atoms with Gasteiger partial charge in [-0.3, -0.25) is 4.72 Å². The molecule has 0 heterocycles. The van der Waals surface area contributed by atoms with Gasteiger partial charge in [-0.1, -0.05) is 34.1 Å². The summed E-state index contributed by atoms with van der Waals surface area (Å²) in [6, 6.07) is 11.9. The maximum atomic E-state index is 12.4. The highest BCUT2D eigenvalue weighted by atomic mass is 79.9. The topological polar surface area (TPSA) is 55.4 Å². The Kier molecular flexibility index (Phi) is 4.35. The molecule has 0 aliphatic heterocycles. The average molecular weight is 356 g/mol. The minimum atomic E-state index is -3.61. The molecule has 0 aliphatic carbocycles. The summed E-state index contributed by atoms with van der Waals surface area (Å²) in [5.74, 6) is 0.571. The molecule has 2 aromatic carbocycles. The molecule has 106 valence electrons. The van der Waals surface area contributed by atoms with Crippen LogP contribution in [0.15, 0.2) is 51.8 Å². The first-order valence-electron chi connectivity index (χ1n) is 5.85. The minimum Gasteiger partial charge on any atom is -0.497 e. The van der Waals surface area contributed by atoms with Gasteiger partial charge in [0.05, 0.1) is 17.7 Å². The minimum absolute atomic E-state index is 0.263. The third-order valence-electron chi connectivity index (χ3n) is 2.74. The van der Waals surface area contributed by atoms with Gasteiger partial charge in [0.15, 0.2) is 0 Å². The number of halogens is 1. The molecule has 0 bridgehead atoms. The SMILES string of the molecule is COc1cc(Br)cc(NS(=O)(=O)c2ccccc2C)c1. The Morgan fingerprint density at radius 1 is 1.15 bits per heavy atom. The molecule has 2 aromatic rings. The Labute approximate surface area is 127 Å². The van der Waals surface area contributed by atoms with Crippen LogP contribution in [0.25, 0.3) is 0 Å². The van der Waals surface area contributed by atoms with Crippen LogP contribution in [0.5, 0.6) is 5.75 Å². The number of anilines is 1. The molecule has 0 atom stereocenters. The van der Waals surface area contributed by atoms with Gasteiger partial charge in [0.2, 0.25) is 0 Å². The maximum Gasteiger partial charge on any atom is 0.262 e. The lowest BCUT2D eigenvalue weighted by molar-refractivity contribution is 0.415. The summed E-state index contributed by atoms with van der Waals surface area (Å²) in [6.07, 6.45) is 0. The fraction of sp³-hybridized carbons (Fsp3) is 0.143. The molecule has 0 aromatic heterocycles. The van der Waals surface area contributed by atoms with E-state index >= 15 is 0 Å². The molecular formula is C14H14BrNO3S. The summed E-state index contributed by atoms with van der Waals surface area (Å²) in [6.45, 7) is 1.76. The van der Waals surface area contributed by atoms with Crippen molar-refractivity contribution in [3.8, 4) is 5.75 Å². The van der Waals surface area contributed by atoms with E-state index in [9.17, 15) is 8.42 Å². The van der Waals surface area contributed by atoms with E-state index in [1.54, 1.807) is 49.4 Å². The van der Waals surface area contributed by atoms with Crippen LogP contribution in [-0.4, -0.2) is 15.5 Å². The summed E-state index contributed by atoms with van der Waals surface area (Å²) >= 11 is 3.32. The van der Waals surface area contributed by atoms with Crippen LogP contribution in [0.1, 0.15) is 5.56 Å². The van der Waals surface area contributed by atoms with Crippen molar-refractivity contribution in [3.05, 3.63) is 52.5 Å². The van der Waals surface area contributed by atoms with Gasteiger partial charge in [-0.05, 0) is 30.7 Å². The third kappa shape index (κ3) is 3.32. The van der Waals surface area contributed by atoms with E-state index in [4.69, 9.17) is 4.74 Å². The Balaban J connectivity index is 2.38. The number of benzene rings is 2. The predicted molar refractivity (Wildman–Crippen MR) is 82.7 cm³/mol. The van der Waals surface area contributed by atoms with Crippen molar-refractivity contribution < 1.29 is 13.2 Å². The zero-order chi connectivity index (χ0) is 14.8. The number of hydrogen-bond donors (Lipinski definition) is 1. The second-order valence-electron chi connectivity index (χ2n) is 4.25. The van der Waals surface area contributed by atoms with Gasteiger partial charge in [0.25, 0.3) is 10.0 Å². The molecule has 0 saturated carbocycles. The molecule has 1 N–H and O–H groups in total. The van der Waals surface area contributed by atoms with Crippen LogP contribution < -0.4 is 9.46 Å². The van der Waals surface area contributed by atoms with Gasteiger partial charge < -0.3 is 4.74 Å². The number of rotatable bonds is 4. The Hall–Kier alpha value is -1.53. The van der Waals surface area contributed by atoms with Crippen molar-refractivity contribution in [2.45, 2.75) is 11.8 Å². The van der Waals surface area contributed by atoms with Crippen molar-refractivity contribution in [1.82, 2.24) is 0 Å². The van der Waals surface area contributed by atoms with Gasteiger partial charge >= 0.3 is 0 Å². The van der Waals surface area contributed by atoms with Crippen LogP contribution >= 0.6 is 15.9 Å². The predicted octanol–water partition coefficient (Wildman–Crippen LogP) is 3.57. The highest BCUT2D eigenvalue weighted by Crippen LogP contribution is 2.26. The second kappa shape index (κ2) is 5.85. The Morgan fingerprint density at radius 2 is 1.85 bits per heavy atom. The quantitative estimate of drug-likeness (QED) is 0.911. The molecule has 0 saturated heterocycles. The summed E-state index contributed by atoms with van der Waals surface area (Å²) in [5.41, 5.74) is 1.14. The lowest BCUT2D eigenvalue weighted by atomic mass is 10.2. The number of aryl methyl sites for hydroxylation is 1. The lowest BCUT2D eigenvalue weighted by Gasteiger charge is -2.11. The third-order valence-corrected chi connectivity index (χ3v) is 4.74. The van der Waals surface area contributed by atoms with Gasteiger partial charge in [0, 0.05) is 10.5 Å². The molecule has 0 amide bonds. The molecule has 0 spiro atoms. The van der Waals surface area contributed by atoms with Crippen LogP contribution in [0.3, 0.4) is 0 Å². The van der Waals surface area contributed by atoms with Crippen LogP contribution in [-0.2, 0) is 10.0 Å². The number of ether oxygens (including phenoxy) is 1. The smallest absolute Gasteiger partial charge is 0.262 e. The summed E-state index contributed by atoms with van der Waals surface area (Å²) in [7, 11) is -2.08. The monoisotopic (exact) mass is 355 g/mol. The first-order valence-corrected chi connectivity index (χ1v) is 8.13. The van der Waals surface area contributed by atoms with E-state index in [0.717, 1.165) is 4.47 Å². The molecule has 20 heavy (non-hydrogen) atoms. The second-order valence-corrected chi connectivity index (χ2v) is 6.82. The normalized spacial score (nSPS) is 11.2. The molecule has 6 heteroatoms. The van der Waals surface area contributed by atoms with E-state index < -0.39 is 10.0 Å². The molecular weight excluding hydrogens is 342 g/mol. The van der Waals surface area contributed by atoms with Crippen molar-refractivity contribution in [1.29, 1.82) is 0 Å². The molecule has 4 nitrogen and oxygen atoms in total. The van der Waals surface area contributed by atoms with Crippen LogP contribution in [0, 0.1) is 6.92 Å². The standard InChI is InChI=1S/C14H14BrNO3S/c1-10-5-3-4-6-14(10)20(17,18)16-12-7-11(15)8-13(9-12)19-2/h3-9,16H,1-2H3. The highest BCUT2D eigenvalue weighted by Gasteiger charge is 2.16. The van der Waals surface area contributed by atoms with Gasteiger partial charge in [-0.25, -0.2) is 8.42 Å². The molecule has 0 unspecified atom stereocenters. The van der Waals surface area contributed by atoms with Crippen LogP contribution in [0.2, 0.25) is 0 Å². The molecule has 0 fully saturated rings. The van der Waals surface area contributed by atoms with Crippen molar-refractivity contribution in [2.75, 3.05) is 11.8 Å². The van der Waals surface area contributed by atoms with Gasteiger partial charge in [0.1, 0.15) is 5.75 Å². The van der Waals surface area contributed by atoms with Gasteiger partial charge in [-0.2, -0.15) is 0 Å². The molecule has 2 rings (SSSR count). The van der Waals surface area contributed by atoms with Gasteiger partial charge in [-0.15, -0.1) is 0 Å². The van der Waals surface area contributed by atoms with E-state index in [2.05, 4.69) is 20.7 Å². The summed E-state index contributed by atoms with van der Waals surface area (Å²) in [5, 5.41) is 0. The number of nitrogens with one attached hydrogen (secondary N) is 1. The fourth-order valence-corrected chi connectivity index (χ4v) is 3.57. The summed E-state index contributed by atoms with van der Waals surface area (Å²) in [4.78, 5) is 0.263. The van der Waals surface area contributed by atoms with E-state index in [0.29, 0.717) is 17.0 Å². The molecule has 0 radical (unpaired) electrons. The average Bonchev–Trinajstić information content (AvgIpc) is 2.37.